The highest BCUT2D eigenvalue weighted by Crippen LogP contribution is 2.23. The van der Waals surface area contributed by atoms with Crippen molar-refractivity contribution in [3.8, 4) is 11.4 Å². The molecule has 2 atom stereocenters. The molecule has 180 valence electrons. The Morgan fingerprint density at radius 1 is 1.20 bits per heavy atom. The molecular formula is C22H24N10O3. The number of fused-ring (bicyclic) bond motifs is 1. The van der Waals surface area contributed by atoms with Crippen LogP contribution in [0.15, 0.2) is 40.6 Å². The summed E-state index contributed by atoms with van der Waals surface area (Å²) in [6.45, 7) is 4.71. The molecule has 4 aromatic heterocycles. The Bertz CT molecular complexity index is 1520. The number of carbonyl (C=O) groups is 1. The van der Waals surface area contributed by atoms with E-state index in [1.807, 2.05) is 0 Å². The van der Waals surface area contributed by atoms with E-state index in [9.17, 15) is 14.4 Å². The van der Waals surface area contributed by atoms with Gasteiger partial charge in [0.05, 0.1) is 11.9 Å². The fourth-order valence-electron chi connectivity index (χ4n) is 4.13. The van der Waals surface area contributed by atoms with E-state index in [1.54, 1.807) is 25.4 Å². The first-order valence-corrected chi connectivity index (χ1v) is 11.2. The van der Waals surface area contributed by atoms with Crippen LogP contribution >= 0.6 is 0 Å². The molecule has 0 saturated carbocycles. The van der Waals surface area contributed by atoms with Gasteiger partial charge in [-0.1, -0.05) is 0 Å². The summed E-state index contributed by atoms with van der Waals surface area (Å²) in [4.78, 5) is 63.7. The molecule has 0 aromatic carbocycles. The summed E-state index contributed by atoms with van der Waals surface area (Å²) in [6, 6.07) is 1.17. The highest BCUT2D eigenvalue weighted by molar-refractivity contribution is 5.93. The molecule has 4 aromatic rings. The lowest BCUT2D eigenvalue weighted by atomic mass is 10.2. The Balaban J connectivity index is 1.36. The Kier molecular flexibility index (Phi) is 5.59. The fourth-order valence-corrected chi connectivity index (χ4v) is 4.13. The van der Waals surface area contributed by atoms with Crippen LogP contribution in [-0.2, 0) is 11.8 Å². The van der Waals surface area contributed by atoms with Gasteiger partial charge in [0, 0.05) is 38.2 Å². The minimum Gasteiger partial charge on any atom is -0.338 e. The molecule has 13 heteroatoms. The second-order valence-corrected chi connectivity index (χ2v) is 8.53. The Labute approximate surface area is 198 Å². The summed E-state index contributed by atoms with van der Waals surface area (Å²) in [5, 5.41) is 2.74. The first kappa shape index (κ1) is 22.4. The van der Waals surface area contributed by atoms with Crippen molar-refractivity contribution in [1.82, 2.24) is 39.0 Å². The summed E-state index contributed by atoms with van der Waals surface area (Å²) in [5.74, 6) is 0.916. The van der Waals surface area contributed by atoms with Crippen LogP contribution in [0.3, 0.4) is 0 Å². The molecule has 5 heterocycles. The van der Waals surface area contributed by atoms with Crippen molar-refractivity contribution < 1.29 is 4.79 Å². The maximum atomic E-state index is 13.0. The smallest absolute Gasteiger partial charge is 0.329 e. The first-order valence-electron chi connectivity index (χ1n) is 11.2. The van der Waals surface area contributed by atoms with Crippen molar-refractivity contribution in [3.05, 3.63) is 51.8 Å². The predicted octanol–water partition coefficient (Wildman–Crippen LogP) is 0.859. The summed E-state index contributed by atoms with van der Waals surface area (Å²) in [6.07, 6.45) is 8.47. The van der Waals surface area contributed by atoms with Gasteiger partial charge in [-0.2, -0.15) is 0 Å². The van der Waals surface area contributed by atoms with E-state index in [0.717, 1.165) is 24.0 Å². The standard InChI is InChI=1S/C22H24N10O3/c1-12-5-4-8-31(12)21-24-9-14(10-25-21)17-23-7-6-15(27-17)28-19(33)13(2)32-11-26-18-16(32)20(34)30(3)22(35)29-18/h6-7,9-13H,4-5,8H2,1-3H3,(H,29,35)(H,23,27,28,33)/t12-,13+/m1/s1. The van der Waals surface area contributed by atoms with Gasteiger partial charge in [0.1, 0.15) is 11.9 Å². The van der Waals surface area contributed by atoms with Gasteiger partial charge in [0.2, 0.25) is 11.9 Å². The SMILES string of the molecule is C[C@@H]1CCCN1c1ncc(-c2nccc(NC(=O)[C@H](C)n3cnc4[nH]c(=O)n(C)c(=O)c43)n2)cn1. The lowest BCUT2D eigenvalue weighted by molar-refractivity contribution is -0.118. The van der Waals surface area contributed by atoms with Gasteiger partial charge in [-0.15, -0.1) is 0 Å². The average Bonchev–Trinajstić information content (AvgIpc) is 3.48. The van der Waals surface area contributed by atoms with Gasteiger partial charge < -0.3 is 14.8 Å². The average molecular weight is 477 g/mol. The van der Waals surface area contributed by atoms with Crippen molar-refractivity contribution in [3.63, 3.8) is 0 Å². The molecule has 5 rings (SSSR count). The molecule has 13 nitrogen and oxygen atoms in total. The number of aromatic amines is 1. The van der Waals surface area contributed by atoms with Gasteiger partial charge in [-0.25, -0.2) is 29.7 Å². The number of nitrogens with one attached hydrogen (secondary N) is 2. The molecule has 0 bridgehead atoms. The summed E-state index contributed by atoms with van der Waals surface area (Å²) < 4.78 is 2.34. The number of aromatic nitrogens is 8. The number of nitrogens with zero attached hydrogens (tertiary/aromatic N) is 8. The van der Waals surface area contributed by atoms with Crippen molar-refractivity contribution in [1.29, 1.82) is 0 Å². The van der Waals surface area contributed by atoms with Gasteiger partial charge in [0.15, 0.2) is 17.0 Å². The van der Waals surface area contributed by atoms with Crippen LogP contribution in [0.2, 0.25) is 0 Å². The van der Waals surface area contributed by atoms with E-state index in [0.29, 0.717) is 23.4 Å². The maximum absolute atomic E-state index is 13.0. The number of hydrogen-bond donors (Lipinski definition) is 2. The molecular weight excluding hydrogens is 452 g/mol. The molecule has 0 unspecified atom stereocenters. The Morgan fingerprint density at radius 2 is 1.97 bits per heavy atom. The number of amides is 1. The topological polar surface area (TPSA) is 157 Å². The van der Waals surface area contributed by atoms with Gasteiger partial charge in [0.25, 0.3) is 5.56 Å². The van der Waals surface area contributed by atoms with Crippen LogP contribution in [0.5, 0.6) is 0 Å². The zero-order chi connectivity index (χ0) is 24.7. The van der Waals surface area contributed by atoms with E-state index in [2.05, 4.69) is 47.0 Å². The molecule has 0 radical (unpaired) electrons. The van der Waals surface area contributed by atoms with E-state index < -0.39 is 23.2 Å². The second-order valence-electron chi connectivity index (χ2n) is 8.53. The molecule has 2 N–H and O–H groups in total. The van der Waals surface area contributed by atoms with Crippen LogP contribution in [0.25, 0.3) is 22.6 Å². The van der Waals surface area contributed by atoms with Crippen molar-refractivity contribution >= 4 is 28.8 Å². The third-order valence-corrected chi connectivity index (χ3v) is 6.24. The van der Waals surface area contributed by atoms with E-state index in [4.69, 9.17) is 0 Å². The largest absolute Gasteiger partial charge is 0.338 e. The van der Waals surface area contributed by atoms with Gasteiger partial charge in [-0.3, -0.25) is 19.1 Å². The lowest BCUT2D eigenvalue weighted by Gasteiger charge is -2.20. The number of hydrogen-bond acceptors (Lipinski definition) is 9. The van der Waals surface area contributed by atoms with E-state index in [1.165, 1.54) is 24.1 Å². The molecule has 1 amide bonds. The second kappa shape index (κ2) is 8.74. The van der Waals surface area contributed by atoms with E-state index >= 15 is 0 Å². The van der Waals surface area contributed by atoms with Crippen LogP contribution < -0.4 is 21.5 Å². The minimum atomic E-state index is -0.804. The lowest BCUT2D eigenvalue weighted by Crippen LogP contribution is -2.34. The van der Waals surface area contributed by atoms with Crippen LogP contribution in [0, 0.1) is 0 Å². The monoisotopic (exact) mass is 476 g/mol. The minimum absolute atomic E-state index is 0.119. The third-order valence-electron chi connectivity index (χ3n) is 6.24. The highest BCUT2D eigenvalue weighted by atomic mass is 16.2. The quantitative estimate of drug-likeness (QED) is 0.426. The number of rotatable bonds is 5. The maximum Gasteiger partial charge on any atom is 0.329 e. The molecule has 1 saturated heterocycles. The van der Waals surface area contributed by atoms with Crippen molar-refractivity contribution in [2.45, 2.75) is 38.8 Å². The zero-order valence-electron chi connectivity index (χ0n) is 19.5. The van der Waals surface area contributed by atoms with Crippen LogP contribution in [-0.4, -0.2) is 57.5 Å². The first-order chi connectivity index (χ1) is 16.8. The number of anilines is 2. The van der Waals surface area contributed by atoms with Gasteiger partial charge >= 0.3 is 5.69 Å². The van der Waals surface area contributed by atoms with Crippen LogP contribution in [0.4, 0.5) is 11.8 Å². The summed E-state index contributed by atoms with van der Waals surface area (Å²) >= 11 is 0. The highest BCUT2D eigenvalue weighted by Gasteiger charge is 2.23. The van der Waals surface area contributed by atoms with Crippen molar-refractivity contribution in [2.75, 3.05) is 16.8 Å². The molecule has 1 aliphatic rings. The third kappa shape index (κ3) is 4.05. The van der Waals surface area contributed by atoms with Crippen molar-refractivity contribution in [2.24, 2.45) is 7.05 Å². The molecule has 0 aliphatic carbocycles. The Morgan fingerprint density at radius 3 is 2.69 bits per heavy atom. The normalized spacial score (nSPS) is 16.5. The van der Waals surface area contributed by atoms with E-state index in [-0.39, 0.29) is 17.0 Å². The van der Waals surface area contributed by atoms with Gasteiger partial charge in [-0.05, 0) is 32.8 Å². The summed E-state index contributed by atoms with van der Waals surface area (Å²) in [7, 11) is 1.35. The Hall–Kier alpha value is -4.42. The number of imidazole rings is 1. The number of carbonyl (C=O) groups excluding carboxylic acids is 1. The molecule has 1 aliphatic heterocycles. The molecule has 35 heavy (non-hydrogen) atoms. The predicted molar refractivity (Wildman–Crippen MR) is 128 cm³/mol. The number of H-pyrrole nitrogens is 1. The van der Waals surface area contributed by atoms with Crippen LogP contribution in [0.1, 0.15) is 32.7 Å². The molecule has 1 fully saturated rings. The fraction of sp³-hybridized carbons (Fsp3) is 0.364. The summed E-state index contributed by atoms with van der Waals surface area (Å²) in [5.41, 5.74) is -0.253. The molecule has 0 spiro atoms. The zero-order valence-corrected chi connectivity index (χ0v) is 19.5.